The SMILES string of the molecule is COc1cc(CNCc2ccccc2)ccc1OCC(N)=O. The molecule has 5 heteroatoms. The average Bonchev–Trinajstić information content (AvgIpc) is 2.54. The van der Waals surface area contributed by atoms with Gasteiger partial charge in [-0.05, 0) is 23.3 Å². The van der Waals surface area contributed by atoms with Crippen molar-refractivity contribution in [3.05, 3.63) is 59.7 Å². The lowest BCUT2D eigenvalue weighted by molar-refractivity contribution is -0.119. The Labute approximate surface area is 130 Å². The topological polar surface area (TPSA) is 73.6 Å². The summed E-state index contributed by atoms with van der Waals surface area (Å²) in [6.07, 6.45) is 0. The molecule has 0 spiro atoms. The van der Waals surface area contributed by atoms with Gasteiger partial charge in [-0.3, -0.25) is 4.79 Å². The standard InChI is InChI=1S/C17H20N2O3/c1-21-16-9-14(7-8-15(16)22-12-17(18)20)11-19-10-13-5-3-2-4-6-13/h2-9,19H,10-12H2,1H3,(H2,18,20). The highest BCUT2D eigenvalue weighted by atomic mass is 16.5. The first-order valence-electron chi connectivity index (χ1n) is 7.01. The van der Waals surface area contributed by atoms with Crippen LogP contribution in [0.1, 0.15) is 11.1 Å². The second-order valence-electron chi connectivity index (χ2n) is 4.83. The number of nitrogens with two attached hydrogens (primary N) is 1. The Hall–Kier alpha value is -2.53. The Morgan fingerprint density at radius 3 is 2.45 bits per heavy atom. The smallest absolute Gasteiger partial charge is 0.255 e. The average molecular weight is 300 g/mol. The van der Waals surface area contributed by atoms with Crippen molar-refractivity contribution in [2.24, 2.45) is 5.73 Å². The molecule has 0 saturated heterocycles. The van der Waals surface area contributed by atoms with Gasteiger partial charge >= 0.3 is 0 Å². The molecule has 2 aromatic carbocycles. The predicted octanol–water partition coefficient (Wildman–Crippen LogP) is 1.85. The van der Waals surface area contributed by atoms with E-state index in [0.29, 0.717) is 18.0 Å². The van der Waals surface area contributed by atoms with E-state index >= 15 is 0 Å². The molecule has 0 unspecified atom stereocenters. The zero-order valence-corrected chi connectivity index (χ0v) is 12.5. The minimum absolute atomic E-state index is 0.165. The molecule has 116 valence electrons. The Balaban J connectivity index is 1.92. The van der Waals surface area contributed by atoms with E-state index in [-0.39, 0.29) is 6.61 Å². The summed E-state index contributed by atoms with van der Waals surface area (Å²) in [7, 11) is 1.56. The maximum atomic E-state index is 10.8. The number of carbonyl (C=O) groups excluding carboxylic acids is 1. The minimum atomic E-state index is -0.518. The lowest BCUT2D eigenvalue weighted by Gasteiger charge is -2.12. The van der Waals surface area contributed by atoms with E-state index in [1.165, 1.54) is 5.56 Å². The molecular formula is C17H20N2O3. The van der Waals surface area contributed by atoms with E-state index in [9.17, 15) is 4.79 Å². The zero-order chi connectivity index (χ0) is 15.8. The van der Waals surface area contributed by atoms with Gasteiger partial charge in [0.1, 0.15) is 0 Å². The van der Waals surface area contributed by atoms with Crippen molar-refractivity contribution in [3.63, 3.8) is 0 Å². The van der Waals surface area contributed by atoms with E-state index in [1.54, 1.807) is 13.2 Å². The van der Waals surface area contributed by atoms with Crippen LogP contribution in [-0.2, 0) is 17.9 Å². The lowest BCUT2D eigenvalue weighted by atomic mass is 10.2. The van der Waals surface area contributed by atoms with Crippen LogP contribution in [0.4, 0.5) is 0 Å². The normalized spacial score (nSPS) is 10.2. The van der Waals surface area contributed by atoms with Crippen molar-refractivity contribution in [1.29, 1.82) is 0 Å². The van der Waals surface area contributed by atoms with E-state index in [0.717, 1.165) is 12.1 Å². The summed E-state index contributed by atoms with van der Waals surface area (Å²) in [6.45, 7) is 1.34. The first kappa shape index (κ1) is 15.9. The first-order chi connectivity index (χ1) is 10.7. The molecular weight excluding hydrogens is 280 g/mol. The van der Waals surface area contributed by atoms with Gasteiger partial charge in [0.2, 0.25) is 0 Å². The fraction of sp³-hybridized carbons (Fsp3) is 0.235. The van der Waals surface area contributed by atoms with Crippen LogP contribution in [0.5, 0.6) is 11.5 Å². The van der Waals surface area contributed by atoms with Crippen molar-refractivity contribution < 1.29 is 14.3 Å². The Morgan fingerprint density at radius 2 is 1.77 bits per heavy atom. The number of benzene rings is 2. The molecule has 0 saturated carbocycles. The van der Waals surface area contributed by atoms with Crippen molar-refractivity contribution in [2.45, 2.75) is 13.1 Å². The number of primary amides is 1. The summed E-state index contributed by atoms with van der Waals surface area (Å²) in [5.41, 5.74) is 7.37. The second-order valence-corrected chi connectivity index (χ2v) is 4.83. The molecule has 0 bridgehead atoms. The van der Waals surface area contributed by atoms with Crippen molar-refractivity contribution in [3.8, 4) is 11.5 Å². The Kier molecular flexibility index (Phi) is 5.80. The molecule has 0 aromatic heterocycles. The molecule has 0 aliphatic rings. The molecule has 5 nitrogen and oxygen atoms in total. The molecule has 0 fully saturated rings. The lowest BCUT2D eigenvalue weighted by Crippen LogP contribution is -2.20. The maximum Gasteiger partial charge on any atom is 0.255 e. The number of hydrogen-bond donors (Lipinski definition) is 2. The van der Waals surface area contributed by atoms with E-state index in [1.807, 2.05) is 30.3 Å². The monoisotopic (exact) mass is 300 g/mol. The van der Waals surface area contributed by atoms with Gasteiger partial charge in [0.15, 0.2) is 18.1 Å². The Bertz CT molecular complexity index is 615. The van der Waals surface area contributed by atoms with Gasteiger partial charge in [-0.25, -0.2) is 0 Å². The van der Waals surface area contributed by atoms with Crippen molar-refractivity contribution in [2.75, 3.05) is 13.7 Å². The van der Waals surface area contributed by atoms with Crippen LogP contribution in [0.2, 0.25) is 0 Å². The molecule has 3 N–H and O–H groups in total. The molecule has 0 aliphatic heterocycles. The van der Waals surface area contributed by atoms with Crippen LogP contribution >= 0.6 is 0 Å². The van der Waals surface area contributed by atoms with Crippen LogP contribution < -0.4 is 20.5 Å². The number of nitrogens with one attached hydrogen (secondary N) is 1. The molecule has 2 rings (SSSR count). The van der Waals surface area contributed by atoms with Crippen LogP contribution in [0.25, 0.3) is 0 Å². The van der Waals surface area contributed by atoms with Crippen molar-refractivity contribution >= 4 is 5.91 Å². The molecule has 0 aliphatic carbocycles. The summed E-state index contributed by atoms with van der Waals surface area (Å²) in [5.74, 6) is 0.573. The summed E-state index contributed by atoms with van der Waals surface area (Å²) < 4.78 is 10.6. The van der Waals surface area contributed by atoms with Crippen LogP contribution in [0.3, 0.4) is 0 Å². The van der Waals surface area contributed by atoms with Crippen LogP contribution in [-0.4, -0.2) is 19.6 Å². The molecule has 0 atom stereocenters. The van der Waals surface area contributed by atoms with Gasteiger partial charge in [-0.2, -0.15) is 0 Å². The van der Waals surface area contributed by atoms with Gasteiger partial charge in [0, 0.05) is 13.1 Å². The third kappa shape index (κ3) is 4.79. The number of methoxy groups -OCH3 is 1. The van der Waals surface area contributed by atoms with Crippen LogP contribution in [0, 0.1) is 0 Å². The summed E-state index contributed by atoms with van der Waals surface area (Å²) in [5, 5.41) is 3.37. The molecule has 1 amide bonds. The highest BCUT2D eigenvalue weighted by Gasteiger charge is 2.07. The van der Waals surface area contributed by atoms with Gasteiger partial charge in [0.05, 0.1) is 7.11 Å². The van der Waals surface area contributed by atoms with Gasteiger partial charge in [-0.15, -0.1) is 0 Å². The number of hydrogen-bond acceptors (Lipinski definition) is 4. The van der Waals surface area contributed by atoms with Gasteiger partial charge in [-0.1, -0.05) is 36.4 Å². The first-order valence-corrected chi connectivity index (χ1v) is 7.01. The quantitative estimate of drug-likeness (QED) is 0.780. The fourth-order valence-corrected chi connectivity index (χ4v) is 2.04. The van der Waals surface area contributed by atoms with Crippen LogP contribution in [0.15, 0.2) is 48.5 Å². The zero-order valence-electron chi connectivity index (χ0n) is 12.5. The molecule has 0 radical (unpaired) electrons. The largest absolute Gasteiger partial charge is 0.493 e. The van der Waals surface area contributed by atoms with E-state index < -0.39 is 5.91 Å². The molecule has 22 heavy (non-hydrogen) atoms. The van der Waals surface area contributed by atoms with Gasteiger partial charge < -0.3 is 20.5 Å². The minimum Gasteiger partial charge on any atom is -0.493 e. The highest BCUT2D eigenvalue weighted by Crippen LogP contribution is 2.28. The number of carbonyl (C=O) groups is 1. The number of rotatable bonds is 8. The predicted molar refractivity (Wildman–Crippen MR) is 84.7 cm³/mol. The third-order valence-electron chi connectivity index (χ3n) is 3.10. The maximum absolute atomic E-state index is 10.8. The van der Waals surface area contributed by atoms with E-state index in [4.69, 9.17) is 15.2 Å². The number of amides is 1. The van der Waals surface area contributed by atoms with E-state index in [2.05, 4.69) is 17.4 Å². The summed E-state index contributed by atoms with van der Waals surface area (Å²) in [4.78, 5) is 10.8. The van der Waals surface area contributed by atoms with Gasteiger partial charge in [0.25, 0.3) is 5.91 Å². The Morgan fingerprint density at radius 1 is 1.05 bits per heavy atom. The number of ether oxygens (including phenoxy) is 2. The summed E-state index contributed by atoms with van der Waals surface area (Å²) in [6, 6.07) is 15.8. The fourth-order valence-electron chi connectivity index (χ4n) is 2.04. The van der Waals surface area contributed by atoms with Crippen molar-refractivity contribution in [1.82, 2.24) is 5.32 Å². The second kappa shape index (κ2) is 8.05. The molecule has 2 aromatic rings. The molecule has 0 heterocycles. The highest BCUT2D eigenvalue weighted by molar-refractivity contribution is 5.75. The third-order valence-corrected chi connectivity index (χ3v) is 3.10. The summed E-state index contributed by atoms with van der Waals surface area (Å²) >= 11 is 0.